The van der Waals surface area contributed by atoms with Crippen LogP contribution >= 0.6 is 27.7 Å². The van der Waals surface area contributed by atoms with E-state index in [0.717, 1.165) is 16.5 Å². The zero-order valence-electron chi connectivity index (χ0n) is 14.7. The number of nitrogens with zero attached hydrogens (tertiary/aromatic N) is 3. The predicted molar refractivity (Wildman–Crippen MR) is 109 cm³/mol. The highest BCUT2D eigenvalue weighted by atomic mass is 79.9. The predicted octanol–water partition coefficient (Wildman–Crippen LogP) is 3.34. The number of carboxylic acid groups (broad SMARTS) is 1. The van der Waals surface area contributed by atoms with Crippen molar-refractivity contribution in [1.29, 1.82) is 5.26 Å². The zero-order chi connectivity index (χ0) is 20.3. The lowest BCUT2D eigenvalue weighted by Crippen LogP contribution is -2.39. The molecule has 0 bridgehead atoms. The Morgan fingerprint density at radius 2 is 2.04 bits per heavy atom. The first kappa shape index (κ1) is 19.9. The van der Waals surface area contributed by atoms with Gasteiger partial charge in [0, 0.05) is 10.8 Å². The quantitative estimate of drug-likeness (QED) is 0.548. The van der Waals surface area contributed by atoms with Crippen molar-refractivity contribution in [2.24, 2.45) is 0 Å². The van der Waals surface area contributed by atoms with E-state index in [2.05, 4.69) is 32.3 Å². The Bertz CT molecular complexity index is 1110. The summed E-state index contributed by atoms with van der Waals surface area (Å²) >= 11 is 4.68. The van der Waals surface area contributed by atoms with Crippen molar-refractivity contribution in [3.63, 3.8) is 0 Å². The number of amides is 1. The summed E-state index contributed by atoms with van der Waals surface area (Å²) in [6.07, 6.45) is 1.63. The molecule has 0 saturated heterocycles. The smallest absolute Gasteiger partial charge is 0.325 e. The van der Waals surface area contributed by atoms with Gasteiger partial charge in [0.2, 0.25) is 5.91 Å². The van der Waals surface area contributed by atoms with E-state index in [1.165, 1.54) is 18.7 Å². The molecule has 0 saturated carbocycles. The monoisotopic (exact) mass is 458 g/mol. The highest BCUT2D eigenvalue weighted by Crippen LogP contribution is 2.32. The van der Waals surface area contributed by atoms with Gasteiger partial charge >= 0.3 is 5.97 Å². The van der Waals surface area contributed by atoms with Gasteiger partial charge in [-0.2, -0.15) is 5.26 Å². The summed E-state index contributed by atoms with van der Waals surface area (Å²) in [7, 11) is 0. The second-order valence-corrected chi connectivity index (χ2v) is 7.66. The van der Waals surface area contributed by atoms with Crippen molar-refractivity contribution in [1.82, 2.24) is 14.9 Å². The maximum Gasteiger partial charge on any atom is 0.325 e. The Morgan fingerprint density at radius 1 is 1.32 bits per heavy atom. The van der Waals surface area contributed by atoms with Crippen LogP contribution in [0, 0.1) is 11.3 Å². The lowest BCUT2D eigenvalue weighted by molar-refractivity contribution is -0.140. The van der Waals surface area contributed by atoms with Crippen LogP contribution in [-0.2, 0) is 9.59 Å². The van der Waals surface area contributed by atoms with E-state index < -0.39 is 17.9 Å². The summed E-state index contributed by atoms with van der Waals surface area (Å²) in [4.78, 5) is 27.2. The molecule has 1 atom stereocenters. The fraction of sp³-hybridized carbons (Fsp3) is 0.158. The van der Waals surface area contributed by atoms with E-state index in [1.807, 2.05) is 34.9 Å². The molecule has 2 aromatic carbocycles. The Labute approximate surface area is 173 Å². The molecule has 1 aromatic heterocycles. The van der Waals surface area contributed by atoms with Crippen LogP contribution in [0.4, 0.5) is 0 Å². The number of carbonyl (C=O) groups excluding carboxylic acids is 1. The van der Waals surface area contributed by atoms with Gasteiger partial charge in [0.1, 0.15) is 10.6 Å². The molecular weight excluding hydrogens is 444 g/mol. The number of carbonyl (C=O) groups is 2. The Balaban J connectivity index is 1.93. The zero-order valence-corrected chi connectivity index (χ0v) is 17.1. The van der Waals surface area contributed by atoms with Gasteiger partial charge in [-0.25, -0.2) is 4.98 Å². The number of rotatable bonds is 6. The molecule has 28 heavy (non-hydrogen) atoms. The summed E-state index contributed by atoms with van der Waals surface area (Å²) in [6, 6.07) is 12.4. The first-order valence-corrected chi connectivity index (χ1v) is 10.0. The molecule has 0 aliphatic rings. The van der Waals surface area contributed by atoms with E-state index >= 15 is 0 Å². The Morgan fingerprint density at radius 3 is 2.71 bits per heavy atom. The minimum Gasteiger partial charge on any atom is -0.480 e. The standard InChI is InChI=1S/C19H15BrN4O3S/c1-11(18(26)27)23-17(25)10-28-19-22-9-16(20)24(19)15-7-6-12(8-21)13-4-2-3-5-14(13)15/h2-7,9,11H,10H2,1H3,(H,23,25)(H,26,27)/t11-/m0/s1. The summed E-state index contributed by atoms with van der Waals surface area (Å²) in [5, 5.41) is 22.9. The topological polar surface area (TPSA) is 108 Å². The number of nitriles is 1. The Hall–Kier alpha value is -2.83. The number of fused-ring (bicyclic) bond motifs is 1. The fourth-order valence-electron chi connectivity index (χ4n) is 2.69. The van der Waals surface area contributed by atoms with E-state index in [0.29, 0.717) is 15.3 Å². The van der Waals surface area contributed by atoms with Gasteiger partial charge in [-0.15, -0.1) is 0 Å². The SMILES string of the molecule is C[C@H](NC(=O)CSc1ncc(Br)n1-c1ccc(C#N)c2ccccc12)C(=O)O. The molecule has 0 aliphatic heterocycles. The van der Waals surface area contributed by atoms with Crippen LogP contribution in [-0.4, -0.2) is 38.3 Å². The number of thioether (sulfide) groups is 1. The number of imidazole rings is 1. The van der Waals surface area contributed by atoms with Crippen LogP contribution < -0.4 is 5.32 Å². The van der Waals surface area contributed by atoms with Crippen LogP contribution in [0.5, 0.6) is 0 Å². The average molecular weight is 459 g/mol. The van der Waals surface area contributed by atoms with Crippen LogP contribution in [0.25, 0.3) is 16.5 Å². The average Bonchev–Trinajstić information content (AvgIpc) is 3.05. The number of halogens is 1. The summed E-state index contributed by atoms with van der Waals surface area (Å²) in [6.45, 7) is 1.41. The van der Waals surface area contributed by atoms with Crippen molar-refractivity contribution in [2.75, 3.05) is 5.75 Å². The van der Waals surface area contributed by atoms with Crippen molar-refractivity contribution in [2.45, 2.75) is 18.1 Å². The van der Waals surface area contributed by atoms with E-state index in [9.17, 15) is 14.9 Å². The van der Waals surface area contributed by atoms with Crippen molar-refractivity contribution in [3.05, 3.63) is 52.8 Å². The lowest BCUT2D eigenvalue weighted by atomic mass is 10.0. The second-order valence-electron chi connectivity index (χ2n) is 5.90. The third-order valence-corrected chi connectivity index (χ3v) is 5.54. The highest BCUT2D eigenvalue weighted by Gasteiger charge is 2.18. The highest BCUT2D eigenvalue weighted by molar-refractivity contribution is 9.10. The number of benzene rings is 2. The number of hydrogen-bond acceptors (Lipinski definition) is 5. The summed E-state index contributed by atoms with van der Waals surface area (Å²) < 4.78 is 2.55. The number of aliphatic carboxylic acids is 1. The van der Waals surface area contributed by atoms with Crippen molar-refractivity contribution >= 4 is 50.3 Å². The summed E-state index contributed by atoms with van der Waals surface area (Å²) in [5.41, 5.74) is 1.40. The van der Waals surface area contributed by atoms with Crippen LogP contribution in [0.1, 0.15) is 12.5 Å². The Kier molecular flexibility index (Phi) is 6.02. The molecule has 0 spiro atoms. The van der Waals surface area contributed by atoms with Gasteiger partial charge < -0.3 is 10.4 Å². The van der Waals surface area contributed by atoms with Gasteiger partial charge in [0.15, 0.2) is 5.16 Å². The molecule has 0 unspecified atom stereocenters. The number of carboxylic acids is 1. The molecule has 142 valence electrons. The largest absolute Gasteiger partial charge is 0.480 e. The fourth-order valence-corrected chi connectivity index (χ4v) is 4.06. The summed E-state index contributed by atoms with van der Waals surface area (Å²) in [5.74, 6) is -1.46. The molecule has 1 heterocycles. The van der Waals surface area contributed by atoms with Crippen LogP contribution in [0.3, 0.4) is 0 Å². The molecule has 2 N–H and O–H groups in total. The van der Waals surface area contributed by atoms with Gasteiger partial charge in [0.05, 0.1) is 29.3 Å². The van der Waals surface area contributed by atoms with Crippen molar-refractivity contribution in [3.8, 4) is 11.8 Å². The third kappa shape index (κ3) is 4.03. The molecule has 9 heteroatoms. The molecule has 3 aromatic rings. The van der Waals surface area contributed by atoms with E-state index in [1.54, 1.807) is 12.3 Å². The molecule has 0 radical (unpaired) electrons. The van der Waals surface area contributed by atoms with Gasteiger partial charge in [-0.05, 0) is 35.0 Å². The first-order valence-electron chi connectivity index (χ1n) is 8.22. The van der Waals surface area contributed by atoms with Crippen molar-refractivity contribution < 1.29 is 14.7 Å². The number of hydrogen-bond donors (Lipinski definition) is 2. The van der Waals surface area contributed by atoms with Crippen LogP contribution in [0.15, 0.2) is 52.4 Å². The van der Waals surface area contributed by atoms with Crippen LogP contribution in [0.2, 0.25) is 0 Å². The third-order valence-electron chi connectivity index (χ3n) is 4.03. The van der Waals surface area contributed by atoms with Gasteiger partial charge in [-0.1, -0.05) is 36.0 Å². The molecule has 0 aliphatic carbocycles. The van der Waals surface area contributed by atoms with E-state index in [-0.39, 0.29) is 5.75 Å². The van der Waals surface area contributed by atoms with Gasteiger partial charge in [0.25, 0.3) is 0 Å². The molecule has 7 nitrogen and oxygen atoms in total. The number of aromatic nitrogens is 2. The minimum atomic E-state index is -1.09. The lowest BCUT2D eigenvalue weighted by Gasteiger charge is -2.13. The van der Waals surface area contributed by atoms with Gasteiger partial charge in [-0.3, -0.25) is 14.2 Å². The number of nitrogens with one attached hydrogen (secondary N) is 1. The maximum absolute atomic E-state index is 12.0. The molecule has 0 fully saturated rings. The molecule has 3 rings (SSSR count). The second kappa shape index (κ2) is 8.46. The molecule has 1 amide bonds. The normalized spacial score (nSPS) is 11.8. The minimum absolute atomic E-state index is 0.0231. The molecular formula is C19H15BrN4O3S. The maximum atomic E-state index is 12.0. The van der Waals surface area contributed by atoms with E-state index in [4.69, 9.17) is 5.11 Å². The first-order chi connectivity index (χ1) is 13.4.